The Hall–Kier alpha value is -2.06. The van der Waals surface area contributed by atoms with E-state index in [1.165, 1.54) is 0 Å². The Morgan fingerprint density at radius 3 is 2.46 bits per heavy atom. The fourth-order valence-electron chi connectivity index (χ4n) is 2.60. The van der Waals surface area contributed by atoms with Crippen molar-refractivity contribution in [1.82, 2.24) is 0 Å². The average molecular weight is 411 g/mol. The lowest BCUT2D eigenvalue weighted by Gasteiger charge is -2.25. The molecule has 2 aromatic carbocycles. The van der Waals surface area contributed by atoms with Crippen LogP contribution in [0.2, 0.25) is 0 Å². The average Bonchev–Trinajstić information content (AvgIpc) is 2.90. The van der Waals surface area contributed by atoms with Crippen LogP contribution in [0.4, 0.5) is 0 Å². The molecule has 3 rings (SSSR count). The van der Waals surface area contributed by atoms with Gasteiger partial charge in [0.1, 0.15) is 12.4 Å². The molecule has 1 aliphatic rings. The number of hydrogen-bond donors (Lipinski definition) is 1. The highest BCUT2D eigenvalue weighted by Gasteiger charge is 2.40. The molecule has 0 fully saturated rings. The second-order valence-electron chi connectivity index (χ2n) is 5.42. The predicted molar refractivity (Wildman–Crippen MR) is 94.4 cm³/mol. The molecule has 0 bridgehead atoms. The lowest BCUT2D eigenvalue weighted by atomic mass is 9.84. The van der Waals surface area contributed by atoms with Gasteiger partial charge in [0.05, 0.1) is 6.26 Å². The molecule has 1 atom stereocenters. The van der Waals surface area contributed by atoms with Gasteiger partial charge in [-0.2, -0.15) is 8.42 Å². The summed E-state index contributed by atoms with van der Waals surface area (Å²) in [4.78, 5) is 4.50. The fourth-order valence-corrected chi connectivity index (χ4v) is 3.46. The SMILES string of the molecule is CS(=O)(=O)Oc1ccc([C@]2(c3cccc(Br)c3)COC(N)=N2)cc1. The minimum absolute atomic E-state index is 0.117. The molecule has 0 aliphatic carbocycles. The van der Waals surface area contributed by atoms with E-state index in [-0.39, 0.29) is 18.4 Å². The third-order valence-corrected chi connectivity index (χ3v) is 4.60. The van der Waals surface area contributed by atoms with Crippen LogP contribution in [0.3, 0.4) is 0 Å². The Balaban J connectivity index is 2.05. The third kappa shape index (κ3) is 3.39. The molecule has 8 heteroatoms. The molecular formula is C16H15BrN2O4S. The van der Waals surface area contributed by atoms with E-state index in [9.17, 15) is 8.42 Å². The highest BCUT2D eigenvalue weighted by molar-refractivity contribution is 9.10. The number of amidine groups is 1. The molecule has 1 aliphatic heterocycles. The van der Waals surface area contributed by atoms with E-state index in [2.05, 4.69) is 20.9 Å². The van der Waals surface area contributed by atoms with Crippen molar-refractivity contribution in [2.24, 2.45) is 10.7 Å². The van der Waals surface area contributed by atoms with Crippen LogP contribution in [0.25, 0.3) is 0 Å². The van der Waals surface area contributed by atoms with Crippen molar-refractivity contribution in [3.63, 3.8) is 0 Å². The normalized spacial score (nSPS) is 20.3. The van der Waals surface area contributed by atoms with Crippen molar-refractivity contribution in [2.45, 2.75) is 5.54 Å². The summed E-state index contributed by atoms with van der Waals surface area (Å²) in [5.41, 5.74) is 6.70. The van der Waals surface area contributed by atoms with E-state index in [1.54, 1.807) is 24.3 Å². The zero-order chi connectivity index (χ0) is 17.4. The van der Waals surface area contributed by atoms with Gasteiger partial charge < -0.3 is 14.7 Å². The number of halogens is 1. The first-order valence-corrected chi connectivity index (χ1v) is 9.64. The van der Waals surface area contributed by atoms with Crippen LogP contribution in [0.5, 0.6) is 5.75 Å². The van der Waals surface area contributed by atoms with E-state index >= 15 is 0 Å². The van der Waals surface area contributed by atoms with Crippen LogP contribution in [0.15, 0.2) is 58.0 Å². The van der Waals surface area contributed by atoms with Crippen LogP contribution >= 0.6 is 15.9 Å². The van der Waals surface area contributed by atoms with E-state index in [4.69, 9.17) is 14.7 Å². The fraction of sp³-hybridized carbons (Fsp3) is 0.188. The van der Waals surface area contributed by atoms with E-state index in [0.29, 0.717) is 0 Å². The molecule has 126 valence electrons. The molecule has 0 spiro atoms. The summed E-state index contributed by atoms with van der Waals surface area (Å²) in [7, 11) is -3.57. The predicted octanol–water partition coefficient (Wildman–Crippen LogP) is 2.38. The van der Waals surface area contributed by atoms with Gasteiger partial charge in [-0.1, -0.05) is 40.2 Å². The lowest BCUT2D eigenvalue weighted by molar-refractivity contribution is 0.278. The van der Waals surface area contributed by atoms with Crippen LogP contribution in [0.1, 0.15) is 11.1 Å². The Labute approximate surface area is 148 Å². The first-order valence-electron chi connectivity index (χ1n) is 7.03. The standard InChI is InChI=1S/C16H15BrN2O4S/c1-24(20,21)23-14-7-5-11(6-8-14)16(10-22-15(18)19-16)12-3-2-4-13(17)9-12/h2-9H,10H2,1H3,(H2,18,19)/t16-/m0/s1. The molecule has 0 saturated heterocycles. The first kappa shape index (κ1) is 16.8. The summed E-state index contributed by atoms with van der Waals surface area (Å²) in [5, 5.41) is 0. The van der Waals surface area contributed by atoms with Gasteiger partial charge in [0, 0.05) is 4.47 Å². The number of hydrogen-bond acceptors (Lipinski definition) is 6. The quantitative estimate of drug-likeness (QED) is 0.781. The Morgan fingerprint density at radius 2 is 1.92 bits per heavy atom. The van der Waals surface area contributed by atoms with Gasteiger partial charge in [-0.3, -0.25) is 0 Å². The van der Waals surface area contributed by atoms with Crippen molar-refractivity contribution in [1.29, 1.82) is 0 Å². The Kier molecular flexibility index (Phi) is 4.27. The molecule has 6 nitrogen and oxygen atoms in total. The van der Waals surface area contributed by atoms with Crippen LogP contribution in [-0.2, 0) is 20.4 Å². The van der Waals surface area contributed by atoms with Gasteiger partial charge in [-0.15, -0.1) is 0 Å². The van der Waals surface area contributed by atoms with Gasteiger partial charge in [0.2, 0.25) is 0 Å². The summed E-state index contributed by atoms with van der Waals surface area (Å²) in [6, 6.07) is 14.5. The van der Waals surface area contributed by atoms with Crippen molar-refractivity contribution < 1.29 is 17.3 Å². The van der Waals surface area contributed by atoms with Crippen molar-refractivity contribution in [3.05, 3.63) is 64.1 Å². The summed E-state index contributed by atoms with van der Waals surface area (Å²) in [6.07, 6.45) is 1.000. The number of ether oxygens (including phenoxy) is 1. The van der Waals surface area contributed by atoms with E-state index < -0.39 is 15.7 Å². The molecule has 0 radical (unpaired) electrons. The molecule has 2 N–H and O–H groups in total. The van der Waals surface area contributed by atoms with Crippen molar-refractivity contribution in [2.75, 3.05) is 12.9 Å². The Morgan fingerprint density at radius 1 is 1.21 bits per heavy atom. The highest BCUT2D eigenvalue weighted by atomic mass is 79.9. The first-order chi connectivity index (χ1) is 11.3. The number of nitrogens with two attached hydrogens (primary N) is 1. The topological polar surface area (TPSA) is 91.0 Å². The van der Waals surface area contributed by atoms with Gasteiger partial charge in [0.25, 0.3) is 6.02 Å². The van der Waals surface area contributed by atoms with E-state index in [0.717, 1.165) is 21.9 Å². The van der Waals surface area contributed by atoms with Gasteiger partial charge in [0.15, 0.2) is 5.54 Å². The second-order valence-corrected chi connectivity index (χ2v) is 7.91. The molecule has 24 heavy (non-hydrogen) atoms. The molecule has 0 amide bonds. The Bertz CT molecular complexity index is 897. The van der Waals surface area contributed by atoms with Crippen LogP contribution < -0.4 is 9.92 Å². The summed E-state index contributed by atoms with van der Waals surface area (Å²) < 4.78 is 33.6. The summed E-state index contributed by atoms with van der Waals surface area (Å²) in [6.45, 7) is 0.265. The number of nitrogens with zero attached hydrogens (tertiary/aromatic N) is 1. The highest BCUT2D eigenvalue weighted by Crippen LogP contribution is 2.38. The monoisotopic (exact) mass is 410 g/mol. The lowest BCUT2D eigenvalue weighted by Crippen LogP contribution is -2.27. The van der Waals surface area contributed by atoms with Crippen LogP contribution in [0, 0.1) is 0 Å². The van der Waals surface area contributed by atoms with Crippen molar-refractivity contribution in [3.8, 4) is 5.75 Å². The zero-order valence-electron chi connectivity index (χ0n) is 12.8. The number of benzene rings is 2. The largest absolute Gasteiger partial charge is 0.462 e. The van der Waals surface area contributed by atoms with Gasteiger partial charge in [-0.05, 0) is 35.4 Å². The van der Waals surface area contributed by atoms with Crippen molar-refractivity contribution >= 4 is 32.1 Å². The minimum atomic E-state index is -3.57. The maximum Gasteiger partial charge on any atom is 0.306 e. The smallest absolute Gasteiger partial charge is 0.306 e. The third-order valence-electron chi connectivity index (χ3n) is 3.61. The minimum Gasteiger partial charge on any atom is -0.462 e. The molecule has 2 aromatic rings. The maximum absolute atomic E-state index is 11.2. The molecule has 0 aromatic heterocycles. The summed E-state index contributed by atoms with van der Waals surface area (Å²) >= 11 is 3.46. The summed E-state index contributed by atoms with van der Waals surface area (Å²) in [5.74, 6) is 0.238. The zero-order valence-corrected chi connectivity index (χ0v) is 15.2. The molecule has 0 saturated carbocycles. The van der Waals surface area contributed by atoms with Gasteiger partial charge >= 0.3 is 10.1 Å². The van der Waals surface area contributed by atoms with E-state index in [1.807, 2.05) is 24.3 Å². The number of rotatable bonds is 4. The molecular weight excluding hydrogens is 396 g/mol. The van der Waals surface area contributed by atoms with Crippen LogP contribution in [-0.4, -0.2) is 27.3 Å². The second kappa shape index (κ2) is 6.10. The molecule has 0 unspecified atom stereocenters. The maximum atomic E-state index is 11.2. The molecule has 1 heterocycles. The number of aliphatic imine (C=N–C) groups is 1. The van der Waals surface area contributed by atoms with Gasteiger partial charge in [-0.25, -0.2) is 4.99 Å².